The number of nitrogens with one attached hydrogen (secondary N) is 1. The standard InChI is InChI=1S/C15H30N2O4/c1-9-17(13(19)21-15(6,7)8)10-11(2)16-12(18)20-14(3,4)5/h11H,9-10H2,1-8H3,(H,16,18)/t11-/m1/s1. The van der Waals surface area contributed by atoms with Gasteiger partial charge in [-0.3, -0.25) is 0 Å². The van der Waals surface area contributed by atoms with Crippen LogP contribution in [0.1, 0.15) is 55.4 Å². The molecule has 0 rings (SSSR count). The molecule has 0 fully saturated rings. The molecule has 21 heavy (non-hydrogen) atoms. The van der Waals surface area contributed by atoms with Crippen molar-refractivity contribution < 1.29 is 19.1 Å². The van der Waals surface area contributed by atoms with E-state index in [1.807, 2.05) is 34.6 Å². The van der Waals surface area contributed by atoms with Gasteiger partial charge in [0.1, 0.15) is 11.2 Å². The van der Waals surface area contributed by atoms with Gasteiger partial charge in [-0.25, -0.2) is 9.59 Å². The maximum atomic E-state index is 12.0. The normalized spacial score (nSPS) is 13.3. The zero-order valence-electron chi connectivity index (χ0n) is 14.6. The van der Waals surface area contributed by atoms with Gasteiger partial charge in [-0.05, 0) is 55.4 Å². The van der Waals surface area contributed by atoms with Gasteiger partial charge in [0.05, 0.1) is 0 Å². The maximum Gasteiger partial charge on any atom is 0.410 e. The van der Waals surface area contributed by atoms with Crippen LogP contribution in [0.2, 0.25) is 0 Å². The number of carbonyl (C=O) groups is 2. The largest absolute Gasteiger partial charge is 0.444 e. The fourth-order valence-electron chi connectivity index (χ4n) is 1.54. The molecule has 0 saturated heterocycles. The Morgan fingerprint density at radius 2 is 1.52 bits per heavy atom. The first-order valence-corrected chi connectivity index (χ1v) is 7.31. The molecule has 2 amide bonds. The van der Waals surface area contributed by atoms with Gasteiger partial charge in [-0.2, -0.15) is 0 Å². The van der Waals surface area contributed by atoms with E-state index in [9.17, 15) is 9.59 Å². The molecule has 124 valence electrons. The molecule has 0 aromatic carbocycles. The molecular formula is C15H30N2O4. The summed E-state index contributed by atoms with van der Waals surface area (Å²) in [5, 5.41) is 2.71. The third-order valence-corrected chi connectivity index (χ3v) is 2.29. The highest BCUT2D eigenvalue weighted by Gasteiger charge is 2.24. The van der Waals surface area contributed by atoms with E-state index < -0.39 is 17.3 Å². The Bertz CT molecular complexity index is 356. The lowest BCUT2D eigenvalue weighted by molar-refractivity contribution is 0.0227. The Kier molecular flexibility index (Phi) is 7.00. The highest BCUT2D eigenvalue weighted by Crippen LogP contribution is 2.10. The van der Waals surface area contributed by atoms with E-state index >= 15 is 0 Å². The molecule has 0 aliphatic rings. The van der Waals surface area contributed by atoms with Crippen LogP contribution in [-0.2, 0) is 9.47 Å². The molecule has 0 unspecified atom stereocenters. The Morgan fingerprint density at radius 1 is 1.05 bits per heavy atom. The Hall–Kier alpha value is -1.46. The number of likely N-dealkylation sites (N-methyl/N-ethyl adjacent to an activating group) is 1. The van der Waals surface area contributed by atoms with Gasteiger partial charge in [0.25, 0.3) is 0 Å². The van der Waals surface area contributed by atoms with E-state index in [1.165, 1.54) is 0 Å². The summed E-state index contributed by atoms with van der Waals surface area (Å²) in [6.07, 6.45) is -0.877. The van der Waals surface area contributed by atoms with Gasteiger partial charge < -0.3 is 19.7 Å². The Morgan fingerprint density at radius 3 is 1.90 bits per heavy atom. The fraction of sp³-hybridized carbons (Fsp3) is 0.867. The second-order valence-electron chi connectivity index (χ2n) is 7.07. The summed E-state index contributed by atoms with van der Waals surface area (Å²) in [7, 11) is 0. The smallest absolute Gasteiger partial charge is 0.410 e. The van der Waals surface area contributed by atoms with E-state index in [0.29, 0.717) is 13.1 Å². The summed E-state index contributed by atoms with van der Waals surface area (Å²) in [4.78, 5) is 25.2. The first kappa shape index (κ1) is 19.5. The van der Waals surface area contributed by atoms with Crippen LogP contribution in [0.5, 0.6) is 0 Å². The van der Waals surface area contributed by atoms with Crippen molar-refractivity contribution in [1.29, 1.82) is 0 Å². The average Bonchev–Trinajstić information content (AvgIpc) is 2.19. The van der Waals surface area contributed by atoms with Crippen molar-refractivity contribution >= 4 is 12.2 Å². The van der Waals surface area contributed by atoms with Gasteiger partial charge in [-0.15, -0.1) is 0 Å². The van der Waals surface area contributed by atoms with Gasteiger partial charge in [0.15, 0.2) is 0 Å². The van der Waals surface area contributed by atoms with E-state index in [2.05, 4.69) is 5.32 Å². The minimum absolute atomic E-state index is 0.229. The zero-order valence-corrected chi connectivity index (χ0v) is 14.6. The number of alkyl carbamates (subject to hydrolysis) is 1. The predicted octanol–water partition coefficient (Wildman–Crippen LogP) is 3.16. The molecule has 0 radical (unpaired) electrons. The molecule has 0 aliphatic carbocycles. The minimum Gasteiger partial charge on any atom is -0.444 e. The number of hydrogen-bond acceptors (Lipinski definition) is 4. The molecule has 1 atom stereocenters. The van der Waals surface area contributed by atoms with Crippen LogP contribution in [0, 0.1) is 0 Å². The van der Waals surface area contributed by atoms with Gasteiger partial charge >= 0.3 is 12.2 Å². The quantitative estimate of drug-likeness (QED) is 0.866. The van der Waals surface area contributed by atoms with E-state index in [0.717, 1.165) is 0 Å². The molecule has 6 heteroatoms. The summed E-state index contributed by atoms with van der Waals surface area (Å²) in [5.74, 6) is 0. The minimum atomic E-state index is -0.542. The molecule has 0 aliphatic heterocycles. The molecule has 0 bridgehead atoms. The molecule has 6 nitrogen and oxygen atoms in total. The third kappa shape index (κ3) is 9.98. The predicted molar refractivity (Wildman–Crippen MR) is 82.3 cm³/mol. The number of hydrogen-bond donors (Lipinski definition) is 1. The van der Waals surface area contributed by atoms with E-state index in [-0.39, 0.29) is 12.1 Å². The van der Waals surface area contributed by atoms with Crippen LogP contribution >= 0.6 is 0 Å². The third-order valence-electron chi connectivity index (χ3n) is 2.29. The number of rotatable bonds is 4. The van der Waals surface area contributed by atoms with E-state index in [4.69, 9.17) is 9.47 Å². The van der Waals surface area contributed by atoms with Crippen molar-refractivity contribution in [2.75, 3.05) is 13.1 Å². The average molecular weight is 302 g/mol. The summed E-state index contributed by atoms with van der Waals surface area (Å²) < 4.78 is 10.5. The van der Waals surface area contributed by atoms with Crippen LogP contribution in [0.15, 0.2) is 0 Å². The van der Waals surface area contributed by atoms with Crippen molar-refractivity contribution in [3.05, 3.63) is 0 Å². The zero-order chi connectivity index (χ0) is 16.8. The summed E-state index contributed by atoms with van der Waals surface area (Å²) in [6, 6.07) is -0.229. The molecule has 0 spiro atoms. The van der Waals surface area contributed by atoms with Crippen molar-refractivity contribution in [3.63, 3.8) is 0 Å². The SMILES string of the molecule is CCN(C[C@@H](C)NC(=O)OC(C)(C)C)C(=O)OC(C)(C)C. The highest BCUT2D eigenvalue weighted by molar-refractivity contribution is 5.69. The molecule has 1 N–H and O–H groups in total. The lowest BCUT2D eigenvalue weighted by atomic mass is 10.2. The van der Waals surface area contributed by atoms with Crippen LogP contribution < -0.4 is 5.32 Å². The topological polar surface area (TPSA) is 67.9 Å². The van der Waals surface area contributed by atoms with Gasteiger partial charge in [0, 0.05) is 19.1 Å². The molecule has 0 aromatic rings. The van der Waals surface area contributed by atoms with Gasteiger partial charge in [0.2, 0.25) is 0 Å². The van der Waals surface area contributed by atoms with Crippen LogP contribution in [0.4, 0.5) is 9.59 Å². The monoisotopic (exact) mass is 302 g/mol. The number of carbonyl (C=O) groups excluding carboxylic acids is 2. The molecule has 0 aromatic heterocycles. The fourth-order valence-corrected chi connectivity index (χ4v) is 1.54. The van der Waals surface area contributed by atoms with Crippen molar-refractivity contribution in [1.82, 2.24) is 10.2 Å². The molecule has 0 saturated carbocycles. The molecule has 0 heterocycles. The maximum absolute atomic E-state index is 12.0. The number of ether oxygens (including phenoxy) is 2. The number of amides is 2. The van der Waals surface area contributed by atoms with Crippen LogP contribution in [-0.4, -0.2) is 47.4 Å². The second-order valence-corrected chi connectivity index (χ2v) is 7.07. The Balaban J connectivity index is 4.42. The van der Waals surface area contributed by atoms with E-state index in [1.54, 1.807) is 25.7 Å². The van der Waals surface area contributed by atoms with Crippen molar-refractivity contribution in [2.45, 2.75) is 72.6 Å². The lowest BCUT2D eigenvalue weighted by Crippen LogP contribution is -2.46. The number of nitrogens with zero attached hydrogens (tertiary/aromatic N) is 1. The lowest BCUT2D eigenvalue weighted by Gasteiger charge is -2.29. The second kappa shape index (κ2) is 7.52. The summed E-state index contributed by atoms with van der Waals surface area (Å²) in [5.41, 5.74) is -1.08. The highest BCUT2D eigenvalue weighted by atomic mass is 16.6. The molecular weight excluding hydrogens is 272 g/mol. The van der Waals surface area contributed by atoms with Crippen LogP contribution in [0.3, 0.4) is 0 Å². The van der Waals surface area contributed by atoms with Crippen LogP contribution in [0.25, 0.3) is 0 Å². The van der Waals surface area contributed by atoms with Crippen molar-refractivity contribution in [3.8, 4) is 0 Å². The first-order valence-electron chi connectivity index (χ1n) is 7.31. The summed E-state index contributed by atoms with van der Waals surface area (Å²) >= 11 is 0. The Labute approximate surface area is 128 Å². The van der Waals surface area contributed by atoms with Crippen molar-refractivity contribution in [2.24, 2.45) is 0 Å². The van der Waals surface area contributed by atoms with Gasteiger partial charge in [-0.1, -0.05) is 0 Å². The first-order chi connectivity index (χ1) is 9.34. The summed E-state index contributed by atoms with van der Waals surface area (Å²) in [6.45, 7) is 15.4.